The molecule has 0 atom stereocenters. The highest BCUT2D eigenvalue weighted by molar-refractivity contribution is 6.60. The molecule has 0 aromatic carbocycles. The van der Waals surface area contributed by atoms with Gasteiger partial charge in [0.05, 0.1) is 0 Å². The zero-order valence-corrected chi connectivity index (χ0v) is 12.6. The monoisotopic (exact) mass is 277 g/mol. The Balaban J connectivity index is 3.67. The van der Waals surface area contributed by atoms with Gasteiger partial charge in [0.2, 0.25) is 5.91 Å². The van der Waals surface area contributed by atoms with Gasteiger partial charge in [0.15, 0.2) is 0 Å². The summed E-state index contributed by atoms with van der Waals surface area (Å²) in [5.41, 5.74) is 0.461. The summed E-state index contributed by atoms with van der Waals surface area (Å²) < 4.78 is 21.1. The number of hydrogen-bond donors (Lipinski definition) is 1. The maximum atomic E-state index is 11.1. The number of carbonyl (C=O) groups is 1. The highest BCUT2D eigenvalue weighted by Gasteiger charge is 2.36. The molecular formula is C11H23NO5Si. The molecule has 0 aliphatic carbocycles. The highest BCUT2D eigenvalue weighted by atomic mass is 28.4. The summed E-state index contributed by atoms with van der Waals surface area (Å²) >= 11 is 0. The van der Waals surface area contributed by atoms with Crippen molar-refractivity contribution in [2.24, 2.45) is 0 Å². The number of amides is 1. The van der Waals surface area contributed by atoms with Gasteiger partial charge >= 0.3 is 8.80 Å². The molecule has 0 saturated carbocycles. The van der Waals surface area contributed by atoms with E-state index in [1.54, 1.807) is 28.3 Å². The van der Waals surface area contributed by atoms with E-state index in [4.69, 9.17) is 18.0 Å². The summed E-state index contributed by atoms with van der Waals surface area (Å²) in [6.07, 6.45) is 0.741. The third kappa shape index (κ3) is 6.27. The maximum Gasteiger partial charge on any atom is 0.500 e. The molecule has 0 aromatic heterocycles. The molecule has 0 saturated heterocycles. The van der Waals surface area contributed by atoms with E-state index in [0.717, 1.165) is 6.42 Å². The van der Waals surface area contributed by atoms with E-state index in [0.29, 0.717) is 18.2 Å². The number of ether oxygens (including phenoxy) is 1. The molecular weight excluding hydrogens is 254 g/mol. The number of carbonyl (C=O) groups excluding carboxylic acids is 1. The molecule has 0 rings (SSSR count). The van der Waals surface area contributed by atoms with Gasteiger partial charge in [-0.2, -0.15) is 0 Å². The first kappa shape index (κ1) is 17.3. The van der Waals surface area contributed by atoms with Gasteiger partial charge in [0.25, 0.3) is 0 Å². The molecule has 0 heterocycles. The molecule has 6 nitrogen and oxygen atoms in total. The van der Waals surface area contributed by atoms with E-state index in [-0.39, 0.29) is 12.6 Å². The second-order valence-corrected chi connectivity index (χ2v) is 6.83. The Morgan fingerprint density at radius 3 is 2.22 bits per heavy atom. The fourth-order valence-electron chi connectivity index (χ4n) is 1.29. The molecule has 106 valence electrons. The van der Waals surface area contributed by atoms with Gasteiger partial charge in [0.1, 0.15) is 6.73 Å². The summed E-state index contributed by atoms with van der Waals surface area (Å²) in [5, 5.41) is 2.58. The molecule has 1 N–H and O–H groups in total. The average Bonchev–Trinajstić information content (AvgIpc) is 2.38. The van der Waals surface area contributed by atoms with Crippen LogP contribution in [-0.2, 0) is 22.8 Å². The zero-order valence-electron chi connectivity index (χ0n) is 11.6. The maximum absolute atomic E-state index is 11.1. The van der Waals surface area contributed by atoms with Crippen LogP contribution in [0.2, 0.25) is 6.04 Å². The van der Waals surface area contributed by atoms with Crippen molar-refractivity contribution in [2.45, 2.75) is 19.4 Å². The van der Waals surface area contributed by atoms with Gasteiger partial charge in [-0.1, -0.05) is 6.58 Å². The lowest BCUT2D eigenvalue weighted by Gasteiger charge is -2.24. The van der Waals surface area contributed by atoms with Crippen LogP contribution in [0.5, 0.6) is 0 Å². The summed E-state index contributed by atoms with van der Waals surface area (Å²) in [6.45, 7) is 5.84. The van der Waals surface area contributed by atoms with Crippen LogP contribution in [0.25, 0.3) is 0 Å². The molecule has 0 bridgehead atoms. The van der Waals surface area contributed by atoms with Gasteiger partial charge in [-0.3, -0.25) is 4.79 Å². The van der Waals surface area contributed by atoms with Gasteiger partial charge in [-0.15, -0.1) is 0 Å². The lowest BCUT2D eigenvalue weighted by atomic mass is 10.3. The predicted molar refractivity (Wildman–Crippen MR) is 70.0 cm³/mol. The number of hydrogen-bond acceptors (Lipinski definition) is 5. The minimum atomic E-state index is -2.50. The second-order valence-electron chi connectivity index (χ2n) is 3.74. The van der Waals surface area contributed by atoms with Crippen LogP contribution >= 0.6 is 0 Å². The predicted octanol–water partition coefficient (Wildman–Crippen LogP) is 0.921. The largest absolute Gasteiger partial charge is 0.500 e. The summed E-state index contributed by atoms with van der Waals surface area (Å²) in [7, 11) is 2.23. The van der Waals surface area contributed by atoms with Gasteiger partial charge in [-0.05, 0) is 13.3 Å². The Kier molecular flexibility index (Phi) is 8.85. The lowest BCUT2D eigenvalue weighted by Crippen LogP contribution is -2.42. The Labute approximate surface area is 110 Å². The first-order valence-electron chi connectivity index (χ1n) is 5.68. The van der Waals surface area contributed by atoms with Crippen molar-refractivity contribution in [3.8, 4) is 0 Å². The molecule has 0 fully saturated rings. The standard InChI is InChI=1S/C11H23NO5Si/c1-10(2)11(13)12-9-17-7-6-8-18(14-3,15-4)16-5/h1,6-9H2,2-5H3,(H,12,13). The smallest absolute Gasteiger partial charge is 0.377 e. The van der Waals surface area contributed by atoms with Crippen molar-refractivity contribution >= 4 is 14.7 Å². The average molecular weight is 277 g/mol. The summed E-state index contributed by atoms with van der Waals surface area (Å²) in [5.74, 6) is -0.204. The summed E-state index contributed by atoms with van der Waals surface area (Å²) in [6, 6.07) is 0.672. The van der Waals surface area contributed by atoms with E-state index in [1.165, 1.54) is 0 Å². The third-order valence-corrected chi connectivity index (χ3v) is 5.26. The minimum absolute atomic E-state index is 0.174. The quantitative estimate of drug-likeness (QED) is 0.278. The van der Waals surface area contributed by atoms with E-state index in [2.05, 4.69) is 11.9 Å². The Morgan fingerprint density at radius 2 is 1.78 bits per heavy atom. The lowest BCUT2D eigenvalue weighted by molar-refractivity contribution is -0.119. The van der Waals surface area contributed by atoms with E-state index < -0.39 is 8.80 Å². The van der Waals surface area contributed by atoms with Crippen LogP contribution in [-0.4, -0.2) is 49.4 Å². The van der Waals surface area contributed by atoms with Gasteiger partial charge in [-0.25, -0.2) is 0 Å². The fourth-order valence-corrected chi connectivity index (χ4v) is 2.98. The Bertz CT molecular complexity index is 260. The zero-order chi connectivity index (χ0) is 14.0. The molecule has 0 aliphatic heterocycles. The molecule has 0 unspecified atom stereocenters. The first-order valence-corrected chi connectivity index (χ1v) is 7.61. The van der Waals surface area contributed by atoms with Crippen LogP contribution < -0.4 is 5.32 Å². The van der Waals surface area contributed by atoms with Crippen molar-refractivity contribution < 1.29 is 22.8 Å². The molecule has 0 aromatic rings. The van der Waals surface area contributed by atoms with E-state index >= 15 is 0 Å². The molecule has 1 amide bonds. The molecule has 0 aliphatic rings. The normalized spacial score (nSPS) is 11.3. The minimum Gasteiger partial charge on any atom is -0.377 e. The Morgan fingerprint density at radius 1 is 1.22 bits per heavy atom. The van der Waals surface area contributed by atoms with Crippen molar-refractivity contribution in [1.29, 1.82) is 0 Å². The van der Waals surface area contributed by atoms with Crippen LogP contribution in [0.4, 0.5) is 0 Å². The third-order valence-electron chi connectivity index (χ3n) is 2.43. The molecule has 0 spiro atoms. The van der Waals surface area contributed by atoms with Gasteiger partial charge in [0, 0.05) is 39.6 Å². The SMILES string of the molecule is C=C(C)C(=O)NCOCCC[Si](OC)(OC)OC. The van der Waals surface area contributed by atoms with Crippen molar-refractivity contribution in [1.82, 2.24) is 5.32 Å². The molecule has 0 radical (unpaired) electrons. The summed E-state index contributed by atoms with van der Waals surface area (Å²) in [4.78, 5) is 11.1. The fraction of sp³-hybridized carbons (Fsp3) is 0.727. The highest BCUT2D eigenvalue weighted by Crippen LogP contribution is 2.14. The number of rotatable bonds is 10. The van der Waals surface area contributed by atoms with Crippen LogP contribution in [0.3, 0.4) is 0 Å². The van der Waals surface area contributed by atoms with Crippen LogP contribution in [0.1, 0.15) is 13.3 Å². The number of nitrogens with one attached hydrogen (secondary N) is 1. The van der Waals surface area contributed by atoms with Crippen LogP contribution in [0.15, 0.2) is 12.2 Å². The molecule has 18 heavy (non-hydrogen) atoms. The second kappa shape index (κ2) is 9.23. The Hall–Kier alpha value is -0.733. The van der Waals surface area contributed by atoms with Gasteiger partial charge < -0.3 is 23.3 Å². The topological polar surface area (TPSA) is 66.0 Å². The van der Waals surface area contributed by atoms with Crippen molar-refractivity contribution in [2.75, 3.05) is 34.7 Å². The first-order chi connectivity index (χ1) is 8.51. The molecule has 7 heteroatoms. The van der Waals surface area contributed by atoms with Crippen molar-refractivity contribution in [3.05, 3.63) is 12.2 Å². The van der Waals surface area contributed by atoms with Crippen LogP contribution in [0, 0.1) is 0 Å². The van der Waals surface area contributed by atoms with Crippen molar-refractivity contribution in [3.63, 3.8) is 0 Å². The van der Waals surface area contributed by atoms with E-state index in [9.17, 15) is 4.79 Å². The van der Waals surface area contributed by atoms with E-state index in [1.807, 2.05) is 0 Å².